The van der Waals surface area contributed by atoms with Crippen molar-refractivity contribution in [2.24, 2.45) is 11.8 Å². The summed E-state index contributed by atoms with van der Waals surface area (Å²) in [6.45, 7) is 3.64. The number of aromatic nitrogens is 1. The number of fused-ring (bicyclic) bond motifs is 2. The topological polar surface area (TPSA) is 62.3 Å². The first-order valence-electron chi connectivity index (χ1n) is 7.67. The number of hydrogen-bond acceptors (Lipinski definition) is 3. The van der Waals surface area contributed by atoms with Crippen LogP contribution in [0.2, 0.25) is 5.02 Å². The van der Waals surface area contributed by atoms with Crippen LogP contribution in [0.25, 0.3) is 10.9 Å². The Kier molecular flexibility index (Phi) is 3.27. The zero-order valence-electron chi connectivity index (χ0n) is 12.7. The second kappa shape index (κ2) is 5.20. The van der Waals surface area contributed by atoms with Crippen molar-refractivity contribution in [1.82, 2.24) is 15.2 Å². The molecule has 0 spiro atoms. The fraction of sp³-hybridized carbons (Fsp3) is 0.353. The fourth-order valence-corrected chi connectivity index (χ4v) is 3.75. The fourth-order valence-electron chi connectivity index (χ4n) is 3.58. The Morgan fingerprint density at radius 1 is 1.35 bits per heavy atom. The Balaban J connectivity index is 1.73. The third-order valence-corrected chi connectivity index (χ3v) is 4.97. The van der Waals surface area contributed by atoms with Crippen molar-refractivity contribution in [3.05, 3.63) is 40.5 Å². The molecule has 1 aromatic carbocycles. The summed E-state index contributed by atoms with van der Waals surface area (Å²) in [5.41, 5.74) is 2.16. The number of likely N-dealkylation sites (tertiary alicyclic amines) is 1. The molecule has 0 saturated carbocycles. The highest BCUT2D eigenvalue weighted by atomic mass is 35.5. The van der Waals surface area contributed by atoms with Gasteiger partial charge < -0.3 is 10.2 Å². The molecule has 6 heteroatoms. The van der Waals surface area contributed by atoms with Crippen molar-refractivity contribution in [3.63, 3.8) is 0 Å². The van der Waals surface area contributed by atoms with Gasteiger partial charge in [-0.05, 0) is 31.2 Å². The maximum absolute atomic E-state index is 13.0. The van der Waals surface area contributed by atoms with Crippen molar-refractivity contribution < 1.29 is 9.59 Å². The van der Waals surface area contributed by atoms with Crippen LogP contribution in [0.15, 0.2) is 24.3 Å². The van der Waals surface area contributed by atoms with Gasteiger partial charge in [-0.25, -0.2) is 0 Å². The van der Waals surface area contributed by atoms with E-state index in [9.17, 15) is 9.59 Å². The molecule has 23 heavy (non-hydrogen) atoms. The Labute approximate surface area is 138 Å². The van der Waals surface area contributed by atoms with Crippen molar-refractivity contribution in [2.45, 2.75) is 6.92 Å². The standard InChI is InChI=1S/C17H16ClN3O2/c1-9-4-13(12-5-11(18)2-3-15(12)20-9)17(23)21-7-10-6-19-16(22)14(10)8-21/h2-5,10,14H,6-8H2,1H3,(H,19,22)/t10-,14+/m0/s1. The third-order valence-electron chi connectivity index (χ3n) is 4.73. The highest BCUT2D eigenvalue weighted by Crippen LogP contribution is 2.30. The van der Waals surface area contributed by atoms with E-state index in [0.29, 0.717) is 30.2 Å². The lowest BCUT2D eigenvalue weighted by Gasteiger charge is -2.19. The summed E-state index contributed by atoms with van der Waals surface area (Å²) < 4.78 is 0. The van der Waals surface area contributed by atoms with Crippen LogP contribution >= 0.6 is 11.6 Å². The molecule has 0 radical (unpaired) electrons. The van der Waals surface area contributed by atoms with Crippen LogP contribution < -0.4 is 5.32 Å². The summed E-state index contributed by atoms with van der Waals surface area (Å²) in [5, 5.41) is 4.20. The maximum Gasteiger partial charge on any atom is 0.254 e. The number of halogens is 1. The van der Waals surface area contributed by atoms with Crippen LogP contribution in [-0.2, 0) is 4.79 Å². The first kappa shape index (κ1) is 14.5. The molecule has 2 atom stereocenters. The summed E-state index contributed by atoms with van der Waals surface area (Å²) in [4.78, 5) is 31.0. The second-order valence-corrected chi connectivity index (χ2v) is 6.73. The summed E-state index contributed by atoms with van der Waals surface area (Å²) in [7, 11) is 0. The number of pyridine rings is 1. The molecule has 5 nitrogen and oxygen atoms in total. The zero-order chi connectivity index (χ0) is 16.1. The van der Waals surface area contributed by atoms with E-state index < -0.39 is 0 Å². The number of nitrogens with one attached hydrogen (secondary N) is 1. The van der Waals surface area contributed by atoms with Crippen LogP contribution in [0.1, 0.15) is 16.1 Å². The molecule has 0 bridgehead atoms. The van der Waals surface area contributed by atoms with E-state index in [1.807, 2.05) is 13.0 Å². The Hall–Kier alpha value is -2.14. The summed E-state index contributed by atoms with van der Waals surface area (Å²) in [5.74, 6) is 0.162. The van der Waals surface area contributed by atoms with Gasteiger partial charge in [0.05, 0.1) is 17.0 Å². The normalized spacial score (nSPS) is 23.2. The minimum atomic E-state index is -0.0725. The number of carbonyl (C=O) groups excluding carboxylic acids is 2. The molecular weight excluding hydrogens is 314 g/mol. The molecule has 0 unspecified atom stereocenters. The third kappa shape index (κ3) is 2.36. The van der Waals surface area contributed by atoms with Crippen molar-refractivity contribution in [2.75, 3.05) is 19.6 Å². The molecule has 2 aliphatic heterocycles. The van der Waals surface area contributed by atoms with Crippen LogP contribution in [0.4, 0.5) is 0 Å². The highest BCUT2D eigenvalue weighted by Gasteiger charge is 2.43. The molecule has 1 N–H and O–H groups in total. The molecule has 4 rings (SSSR count). The van der Waals surface area contributed by atoms with E-state index in [1.54, 1.807) is 23.1 Å². The van der Waals surface area contributed by atoms with Crippen molar-refractivity contribution in [3.8, 4) is 0 Å². The summed E-state index contributed by atoms with van der Waals surface area (Å²) >= 11 is 6.09. The van der Waals surface area contributed by atoms with E-state index in [1.165, 1.54) is 0 Å². The Morgan fingerprint density at radius 2 is 2.17 bits per heavy atom. The first-order chi connectivity index (χ1) is 11.0. The van der Waals surface area contributed by atoms with Gasteiger partial charge in [0.2, 0.25) is 5.91 Å². The van der Waals surface area contributed by atoms with Gasteiger partial charge in [0.1, 0.15) is 0 Å². The monoisotopic (exact) mass is 329 g/mol. The predicted octanol–water partition coefficient (Wildman–Crippen LogP) is 2.01. The van der Waals surface area contributed by atoms with E-state index in [4.69, 9.17) is 11.6 Å². The highest BCUT2D eigenvalue weighted by molar-refractivity contribution is 6.31. The number of aryl methyl sites for hydroxylation is 1. The molecule has 2 aromatic rings. The minimum Gasteiger partial charge on any atom is -0.355 e. The first-order valence-corrected chi connectivity index (χ1v) is 8.04. The van der Waals surface area contributed by atoms with Crippen LogP contribution in [-0.4, -0.2) is 41.3 Å². The smallest absolute Gasteiger partial charge is 0.254 e. The largest absolute Gasteiger partial charge is 0.355 e. The van der Waals surface area contributed by atoms with E-state index in [-0.39, 0.29) is 23.7 Å². The Morgan fingerprint density at radius 3 is 2.96 bits per heavy atom. The van der Waals surface area contributed by atoms with Crippen LogP contribution in [0.3, 0.4) is 0 Å². The molecule has 2 saturated heterocycles. The second-order valence-electron chi connectivity index (χ2n) is 6.29. The van der Waals surface area contributed by atoms with Gasteiger partial charge in [-0.2, -0.15) is 0 Å². The Bertz CT molecular complexity index is 836. The quantitative estimate of drug-likeness (QED) is 0.870. The number of hydrogen-bond donors (Lipinski definition) is 1. The summed E-state index contributed by atoms with van der Waals surface area (Å²) in [6, 6.07) is 7.18. The molecule has 2 fully saturated rings. The summed E-state index contributed by atoms with van der Waals surface area (Å²) in [6.07, 6.45) is 0. The van der Waals surface area contributed by atoms with Gasteiger partial charge in [0.15, 0.2) is 0 Å². The lowest BCUT2D eigenvalue weighted by molar-refractivity contribution is -0.122. The van der Waals surface area contributed by atoms with Gasteiger partial charge in [-0.1, -0.05) is 11.6 Å². The average molecular weight is 330 g/mol. The molecule has 2 amide bonds. The lowest BCUT2D eigenvalue weighted by Crippen LogP contribution is -2.33. The van der Waals surface area contributed by atoms with Crippen LogP contribution in [0.5, 0.6) is 0 Å². The lowest BCUT2D eigenvalue weighted by atomic mass is 10.0. The molecule has 1 aromatic heterocycles. The van der Waals surface area contributed by atoms with Gasteiger partial charge in [-0.15, -0.1) is 0 Å². The van der Waals surface area contributed by atoms with Gasteiger partial charge in [-0.3, -0.25) is 14.6 Å². The molecule has 3 heterocycles. The molecule has 2 aliphatic rings. The van der Waals surface area contributed by atoms with E-state index in [0.717, 1.165) is 16.6 Å². The maximum atomic E-state index is 13.0. The van der Waals surface area contributed by atoms with Gasteiger partial charge >= 0.3 is 0 Å². The average Bonchev–Trinajstić information content (AvgIpc) is 3.09. The van der Waals surface area contributed by atoms with Crippen LogP contribution in [0, 0.1) is 18.8 Å². The number of carbonyl (C=O) groups is 2. The molecule has 0 aliphatic carbocycles. The zero-order valence-corrected chi connectivity index (χ0v) is 13.4. The van der Waals surface area contributed by atoms with E-state index >= 15 is 0 Å². The predicted molar refractivity (Wildman–Crippen MR) is 87.4 cm³/mol. The number of rotatable bonds is 1. The molecular formula is C17H16ClN3O2. The van der Waals surface area contributed by atoms with Gasteiger partial charge in [0, 0.05) is 41.7 Å². The molecule has 118 valence electrons. The SMILES string of the molecule is Cc1cc(C(=O)N2C[C@@H]3CNC(=O)[C@@H]3C2)c2cc(Cl)ccc2n1. The van der Waals surface area contributed by atoms with Gasteiger partial charge in [0.25, 0.3) is 5.91 Å². The van der Waals surface area contributed by atoms with Crippen molar-refractivity contribution >= 4 is 34.3 Å². The number of nitrogens with zero attached hydrogens (tertiary/aromatic N) is 2. The van der Waals surface area contributed by atoms with E-state index in [2.05, 4.69) is 10.3 Å². The number of amides is 2. The minimum absolute atomic E-state index is 0.0510. The number of benzene rings is 1. The van der Waals surface area contributed by atoms with Crippen molar-refractivity contribution in [1.29, 1.82) is 0 Å².